The standard InChI is InChI=1S/C22H22Cl2N2O4S/c1-31(28,29)11-10-21-25-26-22(30-21)17(12-15-2-6-18(23)7-3-15)14-20(27)13-16-4-8-19(24)9-5-16/h2-9,17H,10-14H2,1H3/t17-/m1/s1. The fraction of sp³-hybridized carbons (Fsp3) is 0.318. The Labute approximate surface area is 191 Å². The Kier molecular flexibility index (Phi) is 7.86. The molecule has 9 heteroatoms. The first kappa shape index (κ1) is 23.4. The Bertz CT molecular complexity index is 1130. The molecule has 0 spiro atoms. The van der Waals surface area contributed by atoms with Crippen LogP contribution in [0.4, 0.5) is 0 Å². The number of sulfone groups is 1. The van der Waals surface area contributed by atoms with E-state index >= 15 is 0 Å². The van der Waals surface area contributed by atoms with E-state index in [4.69, 9.17) is 27.6 Å². The zero-order valence-electron chi connectivity index (χ0n) is 16.9. The van der Waals surface area contributed by atoms with Gasteiger partial charge in [-0.25, -0.2) is 8.42 Å². The molecule has 0 aliphatic carbocycles. The van der Waals surface area contributed by atoms with E-state index in [2.05, 4.69) is 10.2 Å². The van der Waals surface area contributed by atoms with Crippen molar-refractivity contribution in [3.8, 4) is 0 Å². The molecule has 0 saturated carbocycles. The smallest absolute Gasteiger partial charge is 0.220 e. The van der Waals surface area contributed by atoms with E-state index in [1.165, 1.54) is 0 Å². The van der Waals surface area contributed by atoms with Gasteiger partial charge in [0.15, 0.2) is 0 Å². The summed E-state index contributed by atoms with van der Waals surface area (Å²) in [6, 6.07) is 14.5. The van der Waals surface area contributed by atoms with Gasteiger partial charge in [0.25, 0.3) is 0 Å². The molecule has 164 valence electrons. The summed E-state index contributed by atoms with van der Waals surface area (Å²) in [4.78, 5) is 12.8. The molecule has 0 N–H and O–H groups in total. The van der Waals surface area contributed by atoms with E-state index in [-0.39, 0.29) is 42.6 Å². The van der Waals surface area contributed by atoms with Crippen molar-refractivity contribution in [1.29, 1.82) is 0 Å². The summed E-state index contributed by atoms with van der Waals surface area (Å²) in [5.74, 6) is 0.179. The van der Waals surface area contributed by atoms with Crippen molar-refractivity contribution in [2.75, 3.05) is 12.0 Å². The van der Waals surface area contributed by atoms with Crippen LogP contribution < -0.4 is 0 Å². The fourth-order valence-electron chi connectivity index (χ4n) is 3.13. The summed E-state index contributed by atoms with van der Waals surface area (Å²) in [6.07, 6.45) is 2.28. The van der Waals surface area contributed by atoms with E-state index in [1.807, 2.05) is 24.3 Å². The third-order valence-electron chi connectivity index (χ3n) is 4.70. The van der Waals surface area contributed by atoms with Crippen molar-refractivity contribution in [3.63, 3.8) is 0 Å². The summed E-state index contributed by atoms with van der Waals surface area (Å²) in [5, 5.41) is 9.30. The molecule has 0 radical (unpaired) electrons. The highest BCUT2D eigenvalue weighted by molar-refractivity contribution is 7.90. The molecule has 1 aromatic heterocycles. The van der Waals surface area contributed by atoms with Crippen LogP contribution in [0.5, 0.6) is 0 Å². The topological polar surface area (TPSA) is 90.1 Å². The van der Waals surface area contributed by atoms with Gasteiger partial charge >= 0.3 is 0 Å². The van der Waals surface area contributed by atoms with Gasteiger partial charge in [-0.05, 0) is 41.8 Å². The Morgan fingerprint density at radius 3 is 2.13 bits per heavy atom. The van der Waals surface area contributed by atoms with Crippen LogP contribution in [-0.4, -0.2) is 36.4 Å². The van der Waals surface area contributed by atoms with Crippen LogP contribution in [-0.2, 0) is 33.9 Å². The van der Waals surface area contributed by atoms with Gasteiger partial charge in [0, 0.05) is 41.5 Å². The van der Waals surface area contributed by atoms with Crippen LogP contribution in [0.25, 0.3) is 0 Å². The van der Waals surface area contributed by atoms with Gasteiger partial charge in [-0.1, -0.05) is 47.5 Å². The highest BCUT2D eigenvalue weighted by Crippen LogP contribution is 2.26. The number of aromatic nitrogens is 2. The third-order valence-corrected chi connectivity index (χ3v) is 6.15. The molecule has 0 aliphatic rings. The molecular formula is C22H22Cl2N2O4S. The van der Waals surface area contributed by atoms with Gasteiger partial charge in [0.1, 0.15) is 15.6 Å². The molecule has 0 bridgehead atoms. The number of nitrogens with zero attached hydrogens (tertiary/aromatic N) is 2. The first-order valence-electron chi connectivity index (χ1n) is 9.68. The monoisotopic (exact) mass is 480 g/mol. The van der Waals surface area contributed by atoms with Crippen LogP contribution in [0.15, 0.2) is 52.9 Å². The molecule has 1 atom stereocenters. The Hall–Kier alpha value is -2.22. The average Bonchev–Trinajstić information content (AvgIpc) is 3.18. The molecule has 2 aromatic carbocycles. The lowest BCUT2D eigenvalue weighted by Crippen LogP contribution is -2.12. The quantitative estimate of drug-likeness (QED) is 0.424. The lowest BCUT2D eigenvalue weighted by Gasteiger charge is -2.13. The van der Waals surface area contributed by atoms with Gasteiger partial charge in [-0.3, -0.25) is 4.79 Å². The van der Waals surface area contributed by atoms with Crippen LogP contribution in [0.3, 0.4) is 0 Å². The zero-order valence-corrected chi connectivity index (χ0v) is 19.3. The number of ketones is 1. The molecule has 6 nitrogen and oxygen atoms in total. The van der Waals surface area contributed by atoms with Gasteiger partial charge in [0.2, 0.25) is 11.8 Å². The Morgan fingerprint density at radius 1 is 0.968 bits per heavy atom. The minimum absolute atomic E-state index is 0.0252. The van der Waals surface area contributed by atoms with E-state index in [9.17, 15) is 13.2 Å². The van der Waals surface area contributed by atoms with Crippen molar-refractivity contribution in [3.05, 3.63) is 81.5 Å². The molecule has 0 saturated heterocycles. The molecular weight excluding hydrogens is 459 g/mol. The second-order valence-electron chi connectivity index (χ2n) is 7.49. The maximum atomic E-state index is 12.8. The largest absolute Gasteiger partial charge is 0.425 e. The van der Waals surface area contributed by atoms with E-state index < -0.39 is 9.84 Å². The molecule has 0 fully saturated rings. The third kappa shape index (κ3) is 7.76. The van der Waals surface area contributed by atoms with Gasteiger partial charge in [0.05, 0.1) is 5.75 Å². The second-order valence-corrected chi connectivity index (χ2v) is 10.6. The van der Waals surface area contributed by atoms with Crippen molar-refractivity contribution in [2.24, 2.45) is 0 Å². The predicted molar refractivity (Wildman–Crippen MR) is 120 cm³/mol. The number of hydrogen-bond donors (Lipinski definition) is 0. The maximum Gasteiger partial charge on any atom is 0.220 e. The van der Waals surface area contributed by atoms with Gasteiger partial charge < -0.3 is 4.42 Å². The SMILES string of the molecule is CS(=O)(=O)CCc1nnc([C@@H](CC(=O)Cc2ccc(Cl)cc2)Cc2ccc(Cl)cc2)o1. The van der Waals surface area contributed by atoms with Gasteiger partial charge in [-0.15, -0.1) is 10.2 Å². The second kappa shape index (κ2) is 10.4. The van der Waals surface area contributed by atoms with E-state index in [0.29, 0.717) is 22.4 Å². The lowest BCUT2D eigenvalue weighted by molar-refractivity contribution is -0.118. The van der Waals surface area contributed by atoms with Crippen molar-refractivity contribution < 1.29 is 17.6 Å². The minimum Gasteiger partial charge on any atom is -0.425 e. The van der Waals surface area contributed by atoms with Crippen LogP contribution in [0, 0.1) is 0 Å². The van der Waals surface area contributed by atoms with Crippen molar-refractivity contribution >= 4 is 38.8 Å². The van der Waals surface area contributed by atoms with Gasteiger partial charge in [-0.2, -0.15) is 0 Å². The molecule has 31 heavy (non-hydrogen) atoms. The number of carbonyl (C=O) groups excluding carboxylic acids is 1. The first-order chi connectivity index (χ1) is 14.7. The number of Topliss-reactive ketones (excluding diaryl/α,β-unsaturated/α-hetero) is 1. The first-order valence-corrected chi connectivity index (χ1v) is 12.5. The average molecular weight is 481 g/mol. The van der Waals surface area contributed by atoms with E-state index in [0.717, 1.165) is 17.4 Å². The highest BCUT2D eigenvalue weighted by atomic mass is 35.5. The Morgan fingerprint density at radius 2 is 1.55 bits per heavy atom. The number of halogens is 2. The summed E-state index contributed by atoms with van der Waals surface area (Å²) in [7, 11) is -3.15. The molecule has 3 rings (SSSR count). The minimum atomic E-state index is -3.15. The normalized spacial score (nSPS) is 12.6. The van der Waals surface area contributed by atoms with Crippen LogP contribution in [0.1, 0.15) is 35.2 Å². The molecule has 0 unspecified atom stereocenters. The summed E-state index contributed by atoms with van der Waals surface area (Å²) in [5.41, 5.74) is 1.85. The zero-order chi connectivity index (χ0) is 22.4. The van der Waals surface area contributed by atoms with Crippen molar-refractivity contribution in [2.45, 2.75) is 31.6 Å². The summed E-state index contributed by atoms with van der Waals surface area (Å²) < 4.78 is 28.5. The number of hydrogen-bond acceptors (Lipinski definition) is 6. The predicted octanol–water partition coefficient (Wildman–Crippen LogP) is 4.49. The number of benzene rings is 2. The molecule has 0 aliphatic heterocycles. The summed E-state index contributed by atoms with van der Waals surface area (Å²) >= 11 is 11.9. The fourth-order valence-corrected chi connectivity index (χ4v) is 3.93. The van der Waals surface area contributed by atoms with Crippen LogP contribution in [0.2, 0.25) is 10.0 Å². The number of aryl methyl sites for hydroxylation is 1. The molecule has 1 heterocycles. The maximum absolute atomic E-state index is 12.8. The highest BCUT2D eigenvalue weighted by Gasteiger charge is 2.23. The van der Waals surface area contributed by atoms with Crippen LogP contribution >= 0.6 is 23.2 Å². The number of rotatable bonds is 10. The number of carbonyl (C=O) groups is 1. The summed E-state index contributed by atoms with van der Waals surface area (Å²) in [6.45, 7) is 0. The molecule has 0 amide bonds. The lowest BCUT2D eigenvalue weighted by atomic mass is 9.92. The Balaban J connectivity index is 1.75. The van der Waals surface area contributed by atoms with E-state index in [1.54, 1.807) is 24.3 Å². The molecule has 3 aromatic rings. The van der Waals surface area contributed by atoms with Crippen molar-refractivity contribution in [1.82, 2.24) is 10.2 Å².